The minimum Gasteiger partial charge on any atom is -0.462 e. The molecule has 0 bridgehead atoms. The quantitative estimate of drug-likeness (QED) is 0.0222. The second kappa shape index (κ2) is 65.4. The lowest BCUT2D eigenvalue weighted by atomic mass is 10.0. The van der Waals surface area contributed by atoms with Gasteiger partial charge in [0.05, 0.1) is 26.4 Å². The molecule has 0 radical (unpaired) electrons. The van der Waals surface area contributed by atoms with Crippen LogP contribution in [0, 0.1) is 5.92 Å². The van der Waals surface area contributed by atoms with Crippen LogP contribution in [0.2, 0.25) is 0 Å². The average molecular weight is 1340 g/mol. The highest BCUT2D eigenvalue weighted by Gasteiger charge is 2.30. The van der Waals surface area contributed by atoms with E-state index in [0.29, 0.717) is 25.7 Å². The Balaban J connectivity index is 5.21. The van der Waals surface area contributed by atoms with E-state index < -0.39 is 97.5 Å². The molecule has 0 aliphatic carbocycles. The number of carbonyl (C=O) groups is 4. The van der Waals surface area contributed by atoms with E-state index in [1.54, 1.807) is 0 Å². The highest BCUT2D eigenvalue weighted by molar-refractivity contribution is 7.47. The van der Waals surface area contributed by atoms with Gasteiger partial charge in [0.2, 0.25) is 0 Å². The number of aliphatic hydroxyl groups is 1. The summed E-state index contributed by atoms with van der Waals surface area (Å²) in [4.78, 5) is 72.6. The van der Waals surface area contributed by atoms with Gasteiger partial charge in [0.25, 0.3) is 0 Å². The number of ether oxygens (including phenoxy) is 4. The number of rotatable bonds is 72. The van der Waals surface area contributed by atoms with Gasteiger partial charge in [-0.25, -0.2) is 9.13 Å². The highest BCUT2D eigenvalue weighted by Crippen LogP contribution is 2.45. The van der Waals surface area contributed by atoms with Crippen LogP contribution < -0.4 is 0 Å². The van der Waals surface area contributed by atoms with E-state index in [1.165, 1.54) is 199 Å². The lowest BCUT2D eigenvalue weighted by Crippen LogP contribution is -2.30. The first-order chi connectivity index (χ1) is 44.0. The molecule has 5 atom stereocenters. The Hall–Kier alpha value is -1.94. The molecule has 0 spiro atoms. The number of unbranched alkanes of at least 4 members (excludes halogenated alkanes) is 44. The minimum atomic E-state index is -4.95. The second-order valence-electron chi connectivity index (χ2n) is 26.5. The summed E-state index contributed by atoms with van der Waals surface area (Å²) in [6, 6.07) is 0. The number of esters is 4. The molecule has 0 aromatic rings. The third-order valence-corrected chi connectivity index (χ3v) is 18.7. The Morgan fingerprint density at radius 3 is 0.747 bits per heavy atom. The summed E-state index contributed by atoms with van der Waals surface area (Å²) in [6.45, 7) is 7.24. The van der Waals surface area contributed by atoms with Crippen LogP contribution >= 0.6 is 15.6 Å². The van der Waals surface area contributed by atoms with E-state index in [2.05, 4.69) is 34.6 Å². The van der Waals surface area contributed by atoms with Gasteiger partial charge in [-0.05, 0) is 31.6 Å². The molecule has 0 aliphatic heterocycles. The number of aliphatic hydroxyl groups excluding tert-OH is 1. The fourth-order valence-electron chi connectivity index (χ4n) is 11.0. The molecule has 0 rings (SSSR count). The molecule has 91 heavy (non-hydrogen) atoms. The van der Waals surface area contributed by atoms with Crippen LogP contribution in [0.3, 0.4) is 0 Å². The first-order valence-corrected chi connectivity index (χ1v) is 40.6. The zero-order chi connectivity index (χ0) is 67.0. The number of hydrogen-bond donors (Lipinski definition) is 3. The molecule has 3 N–H and O–H groups in total. The van der Waals surface area contributed by atoms with Crippen molar-refractivity contribution in [3.63, 3.8) is 0 Å². The summed E-state index contributed by atoms with van der Waals surface area (Å²) in [7, 11) is -9.90. The largest absolute Gasteiger partial charge is 0.472 e. The molecule has 0 saturated carbocycles. The fourth-order valence-corrected chi connectivity index (χ4v) is 12.6. The van der Waals surface area contributed by atoms with Crippen LogP contribution in [0.15, 0.2) is 0 Å². The monoisotopic (exact) mass is 1340 g/mol. The van der Waals surface area contributed by atoms with Crippen molar-refractivity contribution in [1.82, 2.24) is 0 Å². The van der Waals surface area contributed by atoms with Crippen LogP contribution in [-0.2, 0) is 65.4 Å². The molecule has 0 aliphatic rings. The first kappa shape index (κ1) is 89.1. The van der Waals surface area contributed by atoms with Crippen molar-refractivity contribution >= 4 is 39.5 Å². The Kier molecular flexibility index (Phi) is 64.0. The summed E-state index contributed by atoms with van der Waals surface area (Å²) in [5, 5.41) is 10.6. The topological polar surface area (TPSA) is 237 Å². The maximum absolute atomic E-state index is 13.0. The maximum atomic E-state index is 13.0. The van der Waals surface area contributed by atoms with Crippen LogP contribution in [0.5, 0.6) is 0 Å². The minimum absolute atomic E-state index is 0.107. The Labute approximate surface area is 556 Å². The van der Waals surface area contributed by atoms with Crippen molar-refractivity contribution in [1.29, 1.82) is 0 Å². The van der Waals surface area contributed by atoms with Gasteiger partial charge in [0, 0.05) is 25.7 Å². The van der Waals surface area contributed by atoms with Crippen molar-refractivity contribution in [3.05, 3.63) is 0 Å². The standard InChI is InChI=1S/C72H140O17P2/c1-6-9-12-15-18-21-23-24-25-26-27-28-29-31-38-43-48-53-58-72(77)89-68(62-83-70(75)56-51-46-41-36-33-32-35-39-44-49-54-65(4)5)64-87-91(80,81)85-60-66(73)59-84-90(78,79)86-63-67(61-82-69(74)55-50-45-40-34-20-17-14-11-8-3)88-71(76)57-52-47-42-37-30-22-19-16-13-10-7-2/h65-68,73H,6-64H2,1-5H3,(H,78,79)(H,80,81)/t66-,67+,68+/m0/s1. The summed E-state index contributed by atoms with van der Waals surface area (Å²) < 4.78 is 68.3. The Morgan fingerprint density at radius 2 is 0.505 bits per heavy atom. The predicted molar refractivity (Wildman–Crippen MR) is 368 cm³/mol. The second-order valence-corrected chi connectivity index (χ2v) is 29.4. The van der Waals surface area contributed by atoms with Crippen molar-refractivity contribution in [3.8, 4) is 0 Å². The lowest BCUT2D eigenvalue weighted by Gasteiger charge is -2.21. The third-order valence-electron chi connectivity index (χ3n) is 16.8. The summed E-state index contributed by atoms with van der Waals surface area (Å²) in [6.07, 6.45) is 52.7. The Bertz CT molecular complexity index is 1750. The molecule has 0 fully saturated rings. The lowest BCUT2D eigenvalue weighted by molar-refractivity contribution is -0.161. The summed E-state index contributed by atoms with van der Waals surface area (Å²) in [5.41, 5.74) is 0. The van der Waals surface area contributed by atoms with Gasteiger partial charge in [0.1, 0.15) is 19.3 Å². The van der Waals surface area contributed by atoms with Crippen molar-refractivity contribution in [2.75, 3.05) is 39.6 Å². The average Bonchev–Trinajstić information content (AvgIpc) is 3.72. The molecular formula is C72H140O17P2. The fraction of sp³-hybridized carbons (Fsp3) is 0.944. The molecule has 0 saturated heterocycles. The first-order valence-electron chi connectivity index (χ1n) is 37.6. The van der Waals surface area contributed by atoms with Gasteiger partial charge in [-0.1, -0.05) is 324 Å². The SMILES string of the molecule is CCCCCCCCCCCCCCCCCCCCC(=O)O[C@H](COC(=O)CCCCCCCCCCCCC(C)C)COP(=O)(O)OC[C@@H](O)COP(=O)(O)OC[C@@H](COC(=O)CCCCCCCCCCC)OC(=O)CCCCCCCCCCCCC. The van der Waals surface area contributed by atoms with Gasteiger partial charge in [-0.3, -0.25) is 37.3 Å². The van der Waals surface area contributed by atoms with E-state index >= 15 is 0 Å². The van der Waals surface area contributed by atoms with Crippen LogP contribution in [0.4, 0.5) is 0 Å². The molecule has 0 aromatic carbocycles. The van der Waals surface area contributed by atoms with Gasteiger partial charge >= 0.3 is 39.5 Å². The van der Waals surface area contributed by atoms with E-state index in [1.807, 2.05) is 0 Å². The summed E-state index contributed by atoms with van der Waals surface area (Å²) >= 11 is 0. The van der Waals surface area contributed by atoms with E-state index in [4.69, 9.17) is 37.0 Å². The number of phosphoric ester groups is 2. The molecule has 19 heteroatoms. The van der Waals surface area contributed by atoms with Crippen molar-refractivity contribution in [2.45, 2.75) is 393 Å². The molecule has 0 aromatic heterocycles. The van der Waals surface area contributed by atoms with Gasteiger partial charge in [-0.2, -0.15) is 0 Å². The van der Waals surface area contributed by atoms with Gasteiger partial charge in [0.15, 0.2) is 12.2 Å². The molecule has 2 unspecified atom stereocenters. The van der Waals surface area contributed by atoms with Crippen LogP contribution in [0.25, 0.3) is 0 Å². The van der Waals surface area contributed by atoms with Crippen molar-refractivity contribution in [2.24, 2.45) is 5.92 Å². The van der Waals surface area contributed by atoms with Crippen LogP contribution in [-0.4, -0.2) is 96.7 Å². The highest BCUT2D eigenvalue weighted by atomic mass is 31.2. The van der Waals surface area contributed by atoms with E-state index in [9.17, 15) is 43.2 Å². The zero-order valence-electron chi connectivity index (χ0n) is 59.0. The zero-order valence-corrected chi connectivity index (χ0v) is 60.8. The predicted octanol–water partition coefficient (Wildman–Crippen LogP) is 20.9. The normalized spacial score (nSPS) is 14.0. The number of carbonyl (C=O) groups excluding carboxylic acids is 4. The van der Waals surface area contributed by atoms with E-state index in [0.717, 1.165) is 95.8 Å². The van der Waals surface area contributed by atoms with Crippen LogP contribution in [0.1, 0.15) is 375 Å². The summed E-state index contributed by atoms with van der Waals surface area (Å²) in [5.74, 6) is -1.36. The van der Waals surface area contributed by atoms with Gasteiger partial charge in [-0.15, -0.1) is 0 Å². The molecule has 17 nitrogen and oxygen atoms in total. The van der Waals surface area contributed by atoms with Crippen molar-refractivity contribution < 1.29 is 80.2 Å². The van der Waals surface area contributed by atoms with Gasteiger partial charge < -0.3 is 33.8 Å². The number of phosphoric acid groups is 2. The third kappa shape index (κ3) is 66.5. The maximum Gasteiger partial charge on any atom is 0.472 e. The van der Waals surface area contributed by atoms with E-state index in [-0.39, 0.29) is 25.7 Å². The molecule has 0 amide bonds. The number of hydrogen-bond acceptors (Lipinski definition) is 15. The molecular weight excluding hydrogens is 1200 g/mol. The smallest absolute Gasteiger partial charge is 0.462 e. The molecule has 0 heterocycles. The Morgan fingerprint density at radius 1 is 0.297 bits per heavy atom. The molecule has 540 valence electrons.